The first-order chi connectivity index (χ1) is 5.61. The Morgan fingerprint density at radius 2 is 1.58 bits per heavy atom. The zero-order chi connectivity index (χ0) is 9.72. The van der Waals surface area contributed by atoms with Crippen LogP contribution in [0.3, 0.4) is 0 Å². The van der Waals surface area contributed by atoms with Crippen LogP contribution in [0.15, 0.2) is 6.07 Å². The van der Waals surface area contributed by atoms with E-state index in [0.29, 0.717) is 0 Å². The predicted molar refractivity (Wildman–Crippen MR) is 54.2 cm³/mol. The third kappa shape index (κ3) is 2.53. The van der Waals surface area contributed by atoms with Gasteiger partial charge in [-0.25, -0.2) is 0 Å². The van der Waals surface area contributed by atoms with Gasteiger partial charge in [0.2, 0.25) is 0 Å². The molecule has 12 heavy (non-hydrogen) atoms. The molecule has 1 aromatic heterocycles. The second-order valence-corrected chi connectivity index (χ2v) is 2.57. The van der Waals surface area contributed by atoms with Gasteiger partial charge in [0, 0.05) is 5.69 Å². The average molecular weight is 166 g/mol. The topological polar surface area (TPSA) is 38.9 Å². The van der Waals surface area contributed by atoms with Crippen LogP contribution in [-0.2, 0) is 0 Å². The van der Waals surface area contributed by atoms with Crippen molar-refractivity contribution >= 4 is 5.69 Å². The summed E-state index contributed by atoms with van der Waals surface area (Å²) in [5.74, 6) is 0. The van der Waals surface area contributed by atoms with Gasteiger partial charge < -0.3 is 5.73 Å². The fourth-order valence-electron chi connectivity index (χ4n) is 0.846. The molecule has 0 spiro atoms. The summed E-state index contributed by atoms with van der Waals surface area (Å²) in [6.07, 6.45) is 0. The van der Waals surface area contributed by atoms with Gasteiger partial charge >= 0.3 is 0 Å². The Morgan fingerprint density at radius 1 is 1.08 bits per heavy atom. The quantitative estimate of drug-likeness (QED) is 0.643. The summed E-state index contributed by atoms with van der Waals surface area (Å²) in [6, 6.07) is 1.96. The Hall–Kier alpha value is -1.05. The smallest absolute Gasteiger partial charge is 0.0605 e. The first-order valence-electron chi connectivity index (χ1n) is 4.31. The fraction of sp³-hybridized carbons (Fsp3) is 0.500. The number of anilines is 1. The van der Waals surface area contributed by atoms with E-state index in [1.165, 1.54) is 0 Å². The number of nitrogen functional groups attached to an aromatic ring is 1. The van der Waals surface area contributed by atoms with Gasteiger partial charge in [-0.15, -0.1) is 0 Å². The van der Waals surface area contributed by atoms with Crippen LogP contribution in [0.4, 0.5) is 5.69 Å². The lowest BCUT2D eigenvalue weighted by atomic mass is 10.2. The largest absolute Gasteiger partial charge is 0.397 e. The van der Waals surface area contributed by atoms with Crippen LogP contribution in [0.2, 0.25) is 0 Å². The minimum Gasteiger partial charge on any atom is -0.397 e. The van der Waals surface area contributed by atoms with Crippen molar-refractivity contribution in [2.24, 2.45) is 0 Å². The van der Waals surface area contributed by atoms with Crippen molar-refractivity contribution in [3.8, 4) is 0 Å². The van der Waals surface area contributed by atoms with E-state index in [9.17, 15) is 0 Å². The minimum atomic E-state index is 0.781. The van der Waals surface area contributed by atoms with Crippen LogP contribution in [0, 0.1) is 20.8 Å². The summed E-state index contributed by atoms with van der Waals surface area (Å²) < 4.78 is 0. The zero-order valence-corrected chi connectivity index (χ0v) is 8.60. The molecule has 2 heteroatoms. The van der Waals surface area contributed by atoms with Crippen molar-refractivity contribution in [2.45, 2.75) is 34.6 Å². The van der Waals surface area contributed by atoms with Crippen molar-refractivity contribution in [2.75, 3.05) is 5.73 Å². The molecule has 2 N–H and O–H groups in total. The normalized spacial score (nSPS) is 8.75. The molecular formula is C10H18N2. The van der Waals surface area contributed by atoms with E-state index >= 15 is 0 Å². The van der Waals surface area contributed by atoms with E-state index in [2.05, 4.69) is 4.98 Å². The highest BCUT2D eigenvalue weighted by atomic mass is 14.7. The van der Waals surface area contributed by atoms with Crippen LogP contribution in [0.5, 0.6) is 0 Å². The third-order valence-electron chi connectivity index (χ3n) is 1.70. The van der Waals surface area contributed by atoms with E-state index in [4.69, 9.17) is 5.73 Å². The first-order valence-corrected chi connectivity index (χ1v) is 4.31. The summed E-state index contributed by atoms with van der Waals surface area (Å²) >= 11 is 0. The molecule has 1 rings (SSSR count). The molecule has 1 heterocycles. The van der Waals surface area contributed by atoms with Gasteiger partial charge in [-0.05, 0) is 32.4 Å². The highest BCUT2D eigenvalue weighted by molar-refractivity contribution is 5.45. The second kappa shape index (κ2) is 4.75. The number of aromatic nitrogens is 1. The fourth-order valence-corrected chi connectivity index (χ4v) is 0.846. The summed E-state index contributed by atoms with van der Waals surface area (Å²) in [5, 5.41) is 0. The Morgan fingerprint density at radius 3 is 2.00 bits per heavy atom. The second-order valence-electron chi connectivity index (χ2n) is 2.57. The maximum Gasteiger partial charge on any atom is 0.0605 e. The number of nitrogens with zero attached hydrogens (tertiary/aromatic N) is 1. The van der Waals surface area contributed by atoms with Crippen LogP contribution < -0.4 is 5.73 Å². The molecule has 0 aromatic carbocycles. The summed E-state index contributed by atoms with van der Waals surface area (Å²) in [4.78, 5) is 4.25. The van der Waals surface area contributed by atoms with Crippen LogP contribution in [0.25, 0.3) is 0 Å². The molecule has 0 unspecified atom stereocenters. The maximum absolute atomic E-state index is 5.63. The lowest BCUT2D eigenvalue weighted by Crippen LogP contribution is -1.96. The predicted octanol–water partition coefficient (Wildman–Crippen LogP) is 2.62. The number of nitrogens with two attached hydrogens (primary N) is 1. The molecule has 0 fully saturated rings. The molecule has 0 aliphatic carbocycles. The van der Waals surface area contributed by atoms with Crippen LogP contribution in [-0.4, -0.2) is 4.98 Å². The van der Waals surface area contributed by atoms with Gasteiger partial charge in [0.05, 0.1) is 11.4 Å². The van der Waals surface area contributed by atoms with Crippen molar-refractivity contribution in [3.63, 3.8) is 0 Å². The number of aryl methyl sites for hydroxylation is 3. The molecule has 0 radical (unpaired) electrons. The summed E-state index contributed by atoms with van der Waals surface area (Å²) in [7, 11) is 0. The summed E-state index contributed by atoms with van der Waals surface area (Å²) in [5.41, 5.74) is 9.54. The molecule has 0 saturated carbocycles. The number of hydrogen-bond acceptors (Lipinski definition) is 2. The number of hydrogen-bond donors (Lipinski definition) is 1. The Kier molecular flexibility index (Phi) is 4.34. The first kappa shape index (κ1) is 11.0. The standard InChI is InChI=1S/C8H12N2.C2H6/c1-5-4-8(9)7(3)10-6(5)2;1-2/h4H,9H2,1-3H3;1-2H3. The van der Waals surface area contributed by atoms with Gasteiger partial charge in [0.1, 0.15) is 0 Å². The lowest BCUT2D eigenvalue weighted by Gasteiger charge is -2.02. The number of pyridine rings is 1. The van der Waals surface area contributed by atoms with Crippen LogP contribution in [0.1, 0.15) is 30.8 Å². The Balaban J connectivity index is 0.000000561. The monoisotopic (exact) mass is 166 g/mol. The molecule has 0 aliphatic heterocycles. The lowest BCUT2D eigenvalue weighted by molar-refractivity contribution is 1.09. The molecule has 68 valence electrons. The van der Waals surface area contributed by atoms with E-state index < -0.39 is 0 Å². The molecule has 0 amide bonds. The third-order valence-corrected chi connectivity index (χ3v) is 1.70. The van der Waals surface area contributed by atoms with E-state index in [-0.39, 0.29) is 0 Å². The highest BCUT2D eigenvalue weighted by Crippen LogP contribution is 2.12. The molecule has 0 atom stereocenters. The van der Waals surface area contributed by atoms with Gasteiger partial charge in [-0.3, -0.25) is 4.98 Å². The zero-order valence-electron chi connectivity index (χ0n) is 8.60. The van der Waals surface area contributed by atoms with Gasteiger partial charge in [-0.2, -0.15) is 0 Å². The van der Waals surface area contributed by atoms with E-state index in [1.807, 2.05) is 40.7 Å². The maximum atomic E-state index is 5.63. The molecule has 0 bridgehead atoms. The van der Waals surface area contributed by atoms with E-state index in [0.717, 1.165) is 22.6 Å². The average Bonchev–Trinajstić information content (AvgIpc) is 2.05. The minimum absolute atomic E-state index is 0.781. The van der Waals surface area contributed by atoms with Crippen LogP contribution >= 0.6 is 0 Å². The summed E-state index contributed by atoms with van der Waals surface area (Å²) in [6.45, 7) is 9.92. The number of rotatable bonds is 0. The van der Waals surface area contributed by atoms with Gasteiger partial charge in [0.15, 0.2) is 0 Å². The molecule has 2 nitrogen and oxygen atoms in total. The molecular weight excluding hydrogens is 148 g/mol. The van der Waals surface area contributed by atoms with E-state index in [1.54, 1.807) is 0 Å². The van der Waals surface area contributed by atoms with Crippen molar-refractivity contribution in [3.05, 3.63) is 23.0 Å². The molecule has 0 aliphatic rings. The molecule has 0 saturated heterocycles. The van der Waals surface area contributed by atoms with Crippen molar-refractivity contribution < 1.29 is 0 Å². The Bertz CT molecular complexity index is 204. The SMILES string of the molecule is CC.Cc1cc(N)c(C)nc1C. The highest BCUT2D eigenvalue weighted by Gasteiger charge is 1.97. The van der Waals surface area contributed by atoms with Gasteiger partial charge in [-0.1, -0.05) is 13.8 Å². The molecule has 1 aromatic rings. The van der Waals surface area contributed by atoms with Crippen molar-refractivity contribution in [1.29, 1.82) is 0 Å². The van der Waals surface area contributed by atoms with Crippen molar-refractivity contribution in [1.82, 2.24) is 4.98 Å². The van der Waals surface area contributed by atoms with Gasteiger partial charge in [0.25, 0.3) is 0 Å². The Labute approximate surface area is 74.8 Å².